The molecule has 2 aromatic heterocycles. The predicted molar refractivity (Wildman–Crippen MR) is 102 cm³/mol. The number of aromatic nitrogens is 2. The fraction of sp³-hybridized carbons (Fsp3) is 0.533. The van der Waals surface area contributed by atoms with Crippen LogP contribution < -0.4 is 10.2 Å². The van der Waals surface area contributed by atoms with Crippen molar-refractivity contribution >= 4 is 58.1 Å². The van der Waals surface area contributed by atoms with Crippen LogP contribution in [0.5, 0.6) is 0 Å². The van der Waals surface area contributed by atoms with Gasteiger partial charge in [0, 0.05) is 32.6 Å². The summed E-state index contributed by atoms with van der Waals surface area (Å²) in [5.41, 5.74) is 0.917. The average Bonchev–Trinajstić information content (AvgIpc) is 3.20. The number of hydrogen-bond donors (Lipinski definition) is 1. The molecule has 2 aliphatic heterocycles. The number of fused-ring (bicyclic) bond motifs is 1. The number of carbonyl (C=O) groups excluding carboxylic acids is 1. The van der Waals surface area contributed by atoms with E-state index in [0.29, 0.717) is 26.2 Å². The van der Waals surface area contributed by atoms with Crippen molar-refractivity contribution in [1.29, 1.82) is 0 Å². The molecular formula is C15H19Cl2F2N5OS. The van der Waals surface area contributed by atoms with Crippen LogP contribution in [0.2, 0.25) is 0 Å². The highest BCUT2D eigenvalue weighted by atomic mass is 35.5. The molecule has 1 atom stereocenters. The summed E-state index contributed by atoms with van der Waals surface area (Å²) in [5, 5.41) is 4.61. The molecule has 1 unspecified atom stereocenters. The van der Waals surface area contributed by atoms with Crippen molar-refractivity contribution in [2.75, 3.05) is 37.6 Å². The number of anilines is 1. The van der Waals surface area contributed by atoms with Gasteiger partial charge in [0.25, 0.3) is 5.92 Å². The number of piperazine rings is 1. The second-order valence-electron chi connectivity index (χ2n) is 6.14. The highest BCUT2D eigenvalue weighted by Crippen LogP contribution is 2.29. The Morgan fingerprint density at radius 1 is 1.23 bits per heavy atom. The Balaban J connectivity index is 0.00000121. The fourth-order valence-corrected chi connectivity index (χ4v) is 4.11. The topological polar surface area (TPSA) is 61.4 Å². The van der Waals surface area contributed by atoms with Crippen LogP contribution in [0.1, 0.15) is 6.42 Å². The van der Waals surface area contributed by atoms with E-state index in [9.17, 15) is 13.6 Å². The second-order valence-corrected chi connectivity index (χ2v) is 7.05. The summed E-state index contributed by atoms with van der Waals surface area (Å²) in [4.78, 5) is 24.8. The van der Waals surface area contributed by atoms with Gasteiger partial charge in [0.05, 0.1) is 22.8 Å². The lowest BCUT2D eigenvalue weighted by molar-refractivity contribution is -0.134. The molecule has 0 aliphatic carbocycles. The van der Waals surface area contributed by atoms with E-state index in [0.717, 1.165) is 16.0 Å². The highest BCUT2D eigenvalue weighted by Gasteiger charge is 2.43. The molecule has 0 spiro atoms. The van der Waals surface area contributed by atoms with Crippen molar-refractivity contribution in [3.05, 3.63) is 17.8 Å². The number of hydrogen-bond acceptors (Lipinski definition) is 6. The lowest BCUT2D eigenvalue weighted by Gasteiger charge is -2.36. The van der Waals surface area contributed by atoms with E-state index in [1.807, 2.05) is 11.4 Å². The maximum absolute atomic E-state index is 13.3. The van der Waals surface area contributed by atoms with Gasteiger partial charge in [-0.3, -0.25) is 10.1 Å². The number of rotatable bonds is 2. The average molecular weight is 426 g/mol. The molecule has 1 N–H and O–H groups in total. The molecule has 2 saturated heterocycles. The molecule has 1 amide bonds. The molecule has 6 nitrogen and oxygen atoms in total. The van der Waals surface area contributed by atoms with E-state index in [1.54, 1.807) is 22.6 Å². The van der Waals surface area contributed by atoms with Gasteiger partial charge in [-0.05, 0) is 11.4 Å². The van der Waals surface area contributed by atoms with Gasteiger partial charge < -0.3 is 9.80 Å². The number of alkyl halides is 2. The molecule has 0 bridgehead atoms. The van der Waals surface area contributed by atoms with Crippen LogP contribution in [0.4, 0.5) is 14.6 Å². The minimum Gasteiger partial charge on any atom is -0.352 e. The smallest absolute Gasteiger partial charge is 0.262 e. The summed E-state index contributed by atoms with van der Waals surface area (Å²) >= 11 is 1.59. The summed E-state index contributed by atoms with van der Waals surface area (Å²) in [6.07, 6.45) is 1.14. The number of halogens is 4. The number of nitrogens with one attached hydrogen (secondary N) is 1. The van der Waals surface area contributed by atoms with Crippen LogP contribution >= 0.6 is 36.2 Å². The Morgan fingerprint density at radius 2 is 1.96 bits per heavy atom. The minimum atomic E-state index is -2.78. The van der Waals surface area contributed by atoms with Crippen molar-refractivity contribution < 1.29 is 13.6 Å². The zero-order valence-corrected chi connectivity index (χ0v) is 16.2. The maximum Gasteiger partial charge on any atom is 0.262 e. The zero-order chi connectivity index (χ0) is 16.7. The van der Waals surface area contributed by atoms with Crippen LogP contribution in [0, 0.1) is 0 Å². The number of amides is 1. The molecule has 0 radical (unpaired) electrons. The summed E-state index contributed by atoms with van der Waals surface area (Å²) in [5.74, 6) is -2.13. The van der Waals surface area contributed by atoms with E-state index in [2.05, 4.69) is 20.2 Å². The third kappa shape index (κ3) is 4.00. The first-order valence-electron chi connectivity index (χ1n) is 7.87. The lowest BCUT2D eigenvalue weighted by atomic mass is 10.1. The molecule has 11 heteroatoms. The first kappa shape index (κ1) is 21.0. The van der Waals surface area contributed by atoms with Crippen LogP contribution in [-0.2, 0) is 4.79 Å². The van der Waals surface area contributed by atoms with Gasteiger partial charge in [-0.2, -0.15) is 0 Å². The van der Waals surface area contributed by atoms with E-state index >= 15 is 0 Å². The molecule has 2 aliphatic rings. The molecular weight excluding hydrogens is 407 g/mol. The summed E-state index contributed by atoms with van der Waals surface area (Å²) < 4.78 is 27.6. The van der Waals surface area contributed by atoms with E-state index in [1.165, 1.54) is 0 Å². The molecule has 2 fully saturated rings. The second kappa shape index (κ2) is 8.16. The molecule has 4 rings (SSSR count). The molecule has 0 saturated carbocycles. The third-order valence-electron chi connectivity index (χ3n) is 4.52. The fourth-order valence-electron chi connectivity index (χ4n) is 3.25. The van der Waals surface area contributed by atoms with E-state index in [4.69, 9.17) is 0 Å². The van der Waals surface area contributed by atoms with Crippen molar-refractivity contribution in [2.45, 2.75) is 18.4 Å². The largest absolute Gasteiger partial charge is 0.352 e. The van der Waals surface area contributed by atoms with Gasteiger partial charge in [-0.1, -0.05) is 0 Å². The van der Waals surface area contributed by atoms with Gasteiger partial charge in [0.15, 0.2) is 0 Å². The van der Waals surface area contributed by atoms with Gasteiger partial charge in [0.1, 0.15) is 12.1 Å². The SMILES string of the molecule is Cl.Cl.O=C(C1CC(F)(F)CN1)N1CCN(c2ncnc3ccsc23)CC1. The third-order valence-corrected chi connectivity index (χ3v) is 5.42. The van der Waals surface area contributed by atoms with Gasteiger partial charge >= 0.3 is 0 Å². The van der Waals surface area contributed by atoms with Gasteiger partial charge in [-0.15, -0.1) is 36.2 Å². The van der Waals surface area contributed by atoms with Gasteiger partial charge in [0.2, 0.25) is 5.91 Å². The summed E-state index contributed by atoms with van der Waals surface area (Å²) in [6.45, 7) is 1.89. The van der Waals surface area contributed by atoms with E-state index < -0.39 is 24.9 Å². The van der Waals surface area contributed by atoms with Crippen LogP contribution in [0.3, 0.4) is 0 Å². The van der Waals surface area contributed by atoms with Gasteiger partial charge in [-0.25, -0.2) is 18.7 Å². The van der Waals surface area contributed by atoms with Crippen molar-refractivity contribution in [1.82, 2.24) is 20.2 Å². The van der Waals surface area contributed by atoms with E-state index in [-0.39, 0.29) is 30.7 Å². The first-order chi connectivity index (χ1) is 11.5. The maximum atomic E-state index is 13.3. The molecule has 2 aromatic rings. The minimum absolute atomic E-state index is 0. The predicted octanol–water partition coefficient (Wildman–Crippen LogP) is 2.18. The number of carbonyl (C=O) groups is 1. The molecule has 0 aromatic carbocycles. The first-order valence-corrected chi connectivity index (χ1v) is 8.75. The number of nitrogens with zero attached hydrogens (tertiary/aromatic N) is 4. The molecule has 144 valence electrons. The van der Waals surface area contributed by atoms with Crippen molar-refractivity contribution in [2.24, 2.45) is 0 Å². The van der Waals surface area contributed by atoms with Crippen molar-refractivity contribution in [3.8, 4) is 0 Å². The van der Waals surface area contributed by atoms with Crippen LogP contribution in [-0.4, -0.2) is 65.5 Å². The molecule has 4 heterocycles. The Morgan fingerprint density at radius 3 is 2.62 bits per heavy atom. The summed E-state index contributed by atoms with van der Waals surface area (Å²) in [7, 11) is 0. The monoisotopic (exact) mass is 425 g/mol. The lowest BCUT2D eigenvalue weighted by Crippen LogP contribution is -2.53. The normalized spacial score (nSPS) is 22.0. The zero-order valence-electron chi connectivity index (χ0n) is 13.7. The standard InChI is InChI=1S/C15H17F2N5OS.2ClH/c16-15(17)7-11(18-8-15)14(23)22-4-2-21(3-5-22)13-12-10(1-6-24-12)19-9-20-13;;/h1,6,9,11,18H,2-5,7-8H2;2*1H. The quantitative estimate of drug-likeness (QED) is 0.798. The van der Waals surface area contributed by atoms with Crippen molar-refractivity contribution in [3.63, 3.8) is 0 Å². The van der Waals surface area contributed by atoms with Crippen LogP contribution in [0.25, 0.3) is 10.2 Å². The van der Waals surface area contributed by atoms with Crippen LogP contribution in [0.15, 0.2) is 17.8 Å². The Hall–Kier alpha value is -1.29. The number of thiophene rings is 1. The Kier molecular flexibility index (Phi) is 6.60. The molecule has 26 heavy (non-hydrogen) atoms. The highest BCUT2D eigenvalue weighted by molar-refractivity contribution is 7.17. The Labute approximate surface area is 165 Å². The summed E-state index contributed by atoms with van der Waals surface area (Å²) in [6, 6.07) is 1.19. The Bertz CT molecular complexity index is 769.